The van der Waals surface area contributed by atoms with Crippen LogP contribution < -0.4 is 0 Å². The fraction of sp³-hybridized carbons (Fsp3) is 0.200. The van der Waals surface area contributed by atoms with Gasteiger partial charge in [-0.2, -0.15) is 0 Å². The van der Waals surface area contributed by atoms with Crippen LogP contribution in [-0.4, -0.2) is 19.9 Å². The number of rotatable bonds is 2. The number of hydrogen-bond acceptors (Lipinski definition) is 5. The van der Waals surface area contributed by atoms with Crippen molar-refractivity contribution in [2.24, 2.45) is 0 Å². The maximum Gasteiger partial charge on any atom is 0.194 e. The summed E-state index contributed by atoms with van der Waals surface area (Å²) in [6.45, 7) is 3.87. The predicted molar refractivity (Wildman–Crippen MR) is 62.7 cm³/mol. The molecule has 6 heteroatoms. The maximum absolute atomic E-state index is 5.75. The van der Waals surface area contributed by atoms with Gasteiger partial charge in [0, 0.05) is 11.4 Å². The topological polar surface area (TPSA) is 51.6 Å². The van der Waals surface area contributed by atoms with Gasteiger partial charge in [-0.15, -0.1) is 0 Å². The van der Waals surface area contributed by atoms with Crippen LogP contribution in [0, 0.1) is 13.8 Å². The molecule has 0 bridgehead atoms. The second kappa shape index (κ2) is 4.76. The lowest BCUT2D eigenvalue weighted by molar-refractivity contribution is 0.897. The summed E-state index contributed by atoms with van der Waals surface area (Å²) in [5, 5.41) is 1.72. The fourth-order valence-electron chi connectivity index (χ4n) is 1.21. The van der Waals surface area contributed by atoms with Gasteiger partial charge in [-0.3, -0.25) is 4.98 Å². The predicted octanol–water partition coefficient (Wildman–Crippen LogP) is 2.69. The summed E-state index contributed by atoms with van der Waals surface area (Å²) >= 11 is 7.10. The zero-order chi connectivity index (χ0) is 11.5. The van der Waals surface area contributed by atoms with Crippen LogP contribution in [0.2, 0.25) is 5.15 Å². The van der Waals surface area contributed by atoms with E-state index >= 15 is 0 Å². The van der Waals surface area contributed by atoms with Crippen LogP contribution in [0.3, 0.4) is 0 Å². The lowest BCUT2D eigenvalue weighted by Gasteiger charge is -2.01. The van der Waals surface area contributed by atoms with E-state index in [-0.39, 0.29) is 0 Å². The zero-order valence-corrected chi connectivity index (χ0v) is 10.4. The molecule has 0 unspecified atom stereocenters. The summed E-state index contributed by atoms with van der Waals surface area (Å²) in [7, 11) is 0. The Bertz CT molecular complexity index is 498. The highest BCUT2D eigenvalue weighted by Gasteiger charge is 2.04. The van der Waals surface area contributed by atoms with Gasteiger partial charge in [-0.05, 0) is 31.7 Å². The second-order valence-corrected chi connectivity index (χ2v) is 4.59. The fourth-order valence-corrected chi connectivity index (χ4v) is 2.23. The molecule has 0 atom stereocenters. The van der Waals surface area contributed by atoms with Crippen LogP contribution >= 0.6 is 23.4 Å². The Kier molecular flexibility index (Phi) is 3.36. The van der Waals surface area contributed by atoms with Crippen LogP contribution in [-0.2, 0) is 0 Å². The highest BCUT2D eigenvalue weighted by molar-refractivity contribution is 7.99. The van der Waals surface area contributed by atoms with Crippen LogP contribution in [0.5, 0.6) is 0 Å². The number of aromatic nitrogens is 4. The minimum absolute atomic E-state index is 0.370. The average molecular weight is 253 g/mol. The standard InChI is InChI=1S/C10H9ClN4S/c1-6-3-7(2)14-10(13-6)16-9-5-12-4-8(11)15-9/h3-5H,1-2H3. The monoisotopic (exact) mass is 252 g/mol. The zero-order valence-electron chi connectivity index (χ0n) is 8.81. The molecular weight excluding hydrogens is 244 g/mol. The third-order valence-corrected chi connectivity index (χ3v) is 2.69. The third-order valence-electron chi connectivity index (χ3n) is 1.74. The van der Waals surface area contributed by atoms with Crippen molar-refractivity contribution in [1.29, 1.82) is 0 Å². The molecule has 0 fully saturated rings. The minimum atomic E-state index is 0.370. The van der Waals surface area contributed by atoms with E-state index < -0.39 is 0 Å². The van der Waals surface area contributed by atoms with Crippen LogP contribution in [0.15, 0.2) is 28.6 Å². The first-order valence-corrected chi connectivity index (χ1v) is 5.80. The van der Waals surface area contributed by atoms with Crippen molar-refractivity contribution >= 4 is 23.4 Å². The first kappa shape index (κ1) is 11.3. The van der Waals surface area contributed by atoms with Crippen molar-refractivity contribution in [2.45, 2.75) is 24.0 Å². The molecule has 0 radical (unpaired) electrons. The molecule has 16 heavy (non-hydrogen) atoms. The summed E-state index contributed by atoms with van der Waals surface area (Å²) < 4.78 is 0. The number of nitrogens with zero attached hydrogens (tertiary/aromatic N) is 4. The molecular formula is C10H9ClN4S. The van der Waals surface area contributed by atoms with E-state index in [4.69, 9.17) is 11.6 Å². The largest absolute Gasteiger partial charge is 0.259 e. The lowest BCUT2D eigenvalue weighted by atomic mass is 10.4. The first-order chi connectivity index (χ1) is 7.63. The van der Waals surface area contributed by atoms with E-state index in [9.17, 15) is 0 Å². The Hall–Kier alpha value is -1.20. The molecule has 4 nitrogen and oxygen atoms in total. The number of aryl methyl sites for hydroxylation is 2. The summed E-state index contributed by atoms with van der Waals surface area (Å²) in [4.78, 5) is 16.7. The van der Waals surface area contributed by atoms with Crippen molar-refractivity contribution in [3.05, 3.63) is 35.0 Å². The Morgan fingerprint density at radius 2 is 1.75 bits per heavy atom. The van der Waals surface area contributed by atoms with E-state index in [1.165, 1.54) is 18.0 Å². The average Bonchev–Trinajstić information content (AvgIpc) is 2.15. The summed E-state index contributed by atoms with van der Waals surface area (Å²) in [6.07, 6.45) is 3.13. The number of hydrogen-bond donors (Lipinski definition) is 0. The molecule has 0 aliphatic heterocycles. The van der Waals surface area contributed by atoms with Crippen LogP contribution in [0.25, 0.3) is 0 Å². The van der Waals surface area contributed by atoms with Gasteiger partial charge in [0.15, 0.2) is 5.16 Å². The lowest BCUT2D eigenvalue weighted by Crippen LogP contribution is -1.93. The summed E-state index contributed by atoms with van der Waals surface area (Å²) in [5.41, 5.74) is 1.87. The molecule has 0 aliphatic rings. The Morgan fingerprint density at radius 3 is 2.38 bits per heavy atom. The molecule has 2 aromatic heterocycles. The molecule has 0 aliphatic carbocycles. The first-order valence-electron chi connectivity index (χ1n) is 4.61. The van der Waals surface area contributed by atoms with Gasteiger partial charge in [0.05, 0.1) is 12.4 Å². The minimum Gasteiger partial charge on any atom is -0.259 e. The molecule has 0 spiro atoms. The molecule has 0 saturated carbocycles. The molecule has 0 aromatic carbocycles. The number of halogens is 1. The molecule has 2 heterocycles. The highest BCUT2D eigenvalue weighted by atomic mass is 35.5. The molecule has 2 aromatic rings. The summed E-state index contributed by atoms with van der Waals surface area (Å²) in [6, 6.07) is 1.92. The van der Waals surface area contributed by atoms with E-state index in [0.717, 1.165) is 11.4 Å². The highest BCUT2D eigenvalue weighted by Crippen LogP contribution is 2.23. The van der Waals surface area contributed by atoms with Crippen LogP contribution in [0.1, 0.15) is 11.4 Å². The van der Waals surface area contributed by atoms with E-state index in [1.807, 2.05) is 19.9 Å². The molecule has 2 rings (SSSR count). The Labute approximate surface area is 103 Å². The SMILES string of the molecule is Cc1cc(C)nc(Sc2cncc(Cl)n2)n1. The smallest absolute Gasteiger partial charge is 0.194 e. The normalized spacial score (nSPS) is 10.4. The maximum atomic E-state index is 5.75. The van der Waals surface area contributed by atoms with Crippen molar-refractivity contribution in [2.75, 3.05) is 0 Å². The van der Waals surface area contributed by atoms with Crippen molar-refractivity contribution in [3.8, 4) is 0 Å². The molecule has 0 saturated heterocycles. The van der Waals surface area contributed by atoms with E-state index in [1.54, 1.807) is 6.20 Å². The Balaban J connectivity index is 2.27. The van der Waals surface area contributed by atoms with Gasteiger partial charge >= 0.3 is 0 Å². The van der Waals surface area contributed by atoms with Gasteiger partial charge < -0.3 is 0 Å². The Morgan fingerprint density at radius 1 is 1.06 bits per heavy atom. The molecule has 0 N–H and O–H groups in total. The van der Waals surface area contributed by atoms with Gasteiger partial charge in [0.1, 0.15) is 10.2 Å². The van der Waals surface area contributed by atoms with E-state index in [2.05, 4.69) is 19.9 Å². The molecule has 0 amide bonds. The molecule has 82 valence electrons. The van der Waals surface area contributed by atoms with Crippen LogP contribution in [0.4, 0.5) is 0 Å². The van der Waals surface area contributed by atoms with Gasteiger partial charge in [0.2, 0.25) is 0 Å². The van der Waals surface area contributed by atoms with E-state index in [0.29, 0.717) is 15.3 Å². The van der Waals surface area contributed by atoms with Gasteiger partial charge in [-0.1, -0.05) is 11.6 Å². The van der Waals surface area contributed by atoms with Crippen molar-refractivity contribution in [3.63, 3.8) is 0 Å². The van der Waals surface area contributed by atoms with Gasteiger partial charge in [-0.25, -0.2) is 15.0 Å². The quantitative estimate of drug-likeness (QED) is 0.769. The van der Waals surface area contributed by atoms with Gasteiger partial charge in [0.25, 0.3) is 0 Å². The summed E-state index contributed by atoms with van der Waals surface area (Å²) in [5.74, 6) is 0. The van der Waals surface area contributed by atoms with Crippen molar-refractivity contribution in [1.82, 2.24) is 19.9 Å². The second-order valence-electron chi connectivity index (χ2n) is 3.22. The van der Waals surface area contributed by atoms with Crippen molar-refractivity contribution < 1.29 is 0 Å². The third kappa shape index (κ3) is 2.90.